The van der Waals surface area contributed by atoms with Crippen molar-refractivity contribution < 1.29 is 14.6 Å². The Morgan fingerprint density at radius 1 is 1.14 bits per heavy atom. The van der Waals surface area contributed by atoms with Gasteiger partial charge in [0, 0.05) is 4.47 Å². The summed E-state index contributed by atoms with van der Waals surface area (Å²) in [7, 11) is 1.60. The summed E-state index contributed by atoms with van der Waals surface area (Å²) >= 11 is 3.38. The van der Waals surface area contributed by atoms with E-state index in [1.165, 1.54) is 0 Å². The molecule has 1 N–H and O–H groups in total. The highest BCUT2D eigenvalue weighted by atomic mass is 79.9. The van der Waals surface area contributed by atoms with Crippen LogP contribution in [0, 0.1) is 5.92 Å². The molecular weight excluding hydrogens is 332 g/mol. The van der Waals surface area contributed by atoms with Crippen LogP contribution in [0.5, 0.6) is 5.75 Å². The second kappa shape index (κ2) is 7.27. The van der Waals surface area contributed by atoms with E-state index >= 15 is 0 Å². The highest BCUT2D eigenvalue weighted by Crippen LogP contribution is 2.23. The molecular formula is C17H17BrO3. The quantitative estimate of drug-likeness (QED) is 0.859. The lowest BCUT2D eigenvalue weighted by Gasteiger charge is -2.15. The molecule has 0 aliphatic rings. The minimum Gasteiger partial charge on any atom is -0.496 e. The first kappa shape index (κ1) is 15.6. The standard InChI is InChI=1S/C17H17BrO3/c1-21-16-5-3-2-4-13(16)11-14(17(19)20)10-12-6-8-15(18)9-7-12/h2-9,14H,10-11H2,1H3,(H,19,20). The molecule has 0 spiro atoms. The molecule has 0 aliphatic carbocycles. The predicted octanol–water partition coefficient (Wildman–Crippen LogP) is 3.94. The second-order valence-corrected chi connectivity index (χ2v) is 5.80. The fourth-order valence-corrected chi connectivity index (χ4v) is 2.55. The lowest BCUT2D eigenvalue weighted by Crippen LogP contribution is -2.19. The normalized spacial score (nSPS) is 11.9. The molecule has 1 unspecified atom stereocenters. The average molecular weight is 349 g/mol. The SMILES string of the molecule is COc1ccccc1CC(Cc1ccc(Br)cc1)C(=O)O. The van der Waals surface area contributed by atoms with Crippen LogP contribution in [0.3, 0.4) is 0 Å². The molecule has 4 heteroatoms. The number of benzene rings is 2. The van der Waals surface area contributed by atoms with Gasteiger partial charge < -0.3 is 9.84 Å². The van der Waals surface area contributed by atoms with Crippen LogP contribution >= 0.6 is 15.9 Å². The van der Waals surface area contributed by atoms with Crippen LogP contribution in [0.1, 0.15) is 11.1 Å². The number of ether oxygens (including phenoxy) is 1. The van der Waals surface area contributed by atoms with E-state index < -0.39 is 11.9 Å². The van der Waals surface area contributed by atoms with Gasteiger partial charge in [0.15, 0.2) is 0 Å². The number of hydrogen-bond donors (Lipinski definition) is 1. The van der Waals surface area contributed by atoms with E-state index in [2.05, 4.69) is 15.9 Å². The topological polar surface area (TPSA) is 46.5 Å². The first-order chi connectivity index (χ1) is 10.1. The van der Waals surface area contributed by atoms with Crippen molar-refractivity contribution in [3.63, 3.8) is 0 Å². The van der Waals surface area contributed by atoms with Crippen LogP contribution in [-0.4, -0.2) is 18.2 Å². The van der Waals surface area contributed by atoms with E-state index in [-0.39, 0.29) is 0 Å². The number of carbonyl (C=O) groups is 1. The van der Waals surface area contributed by atoms with Crippen LogP contribution in [0.4, 0.5) is 0 Å². The van der Waals surface area contributed by atoms with E-state index in [9.17, 15) is 9.90 Å². The van der Waals surface area contributed by atoms with Crippen LogP contribution in [0.2, 0.25) is 0 Å². The van der Waals surface area contributed by atoms with Crippen LogP contribution < -0.4 is 4.74 Å². The van der Waals surface area contributed by atoms with Crippen molar-refractivity contribution in [1.82, 2.24) is 0 Å². The lowest BCUT2D eigenvalue weighted by molar-refractivity contribution is -0.141. The zero-order valence-electron chi connectivity index (χ0n) is 11.8. The number of carboxylic acids is 1. The van der Waals surface area contributed by atoms with E-state index in [1.54, 1.807) is 7.11 Å². The molecule has 0 amide bonds. The van der Waals surface area contributed by atoms with Crippen molar-refractivity contribution in [3.05, 3.63) is 64.1 Å². The molecule has 2 aromatic rings. The van der Waals surface area contributed by atoms with Crippen LogP contribution in [0.15, 0.2) is 53.0 Å². The lowest BCUT2D eigenvalue weighted by atomic mass is 9.92. The minimum atomic E-state index is -0.788. The molecule has 0 heterocycles. The maximum absolute atomic E-state index is 11.5. The molecule has 0 saturated heterocycles. The zero-order valence-corrected chi connectivity index (χ0v) is 13.3. The number of hydrogen-bond acceptors (Lipinski definition) is 2. The van der Waals surface area contributed by atoms with Crippen molar-refractivity contribution in [2.75, 3.05) is 7.11 Å². The molecule has 21 heavy (non-hydrogen) atoms. The predicted molar refractivity (Wildman–Crippen MR) is 85.7 cm³/mol. The van der Waals surface area contributed by atoms with Gasteiger partial charge in [0.2, 0.25) is 0 Å². The van der Waals surface area contributed by atoms with E-state index in [0.29, 0.717) is 12.8 Å². The molecule has 0 aromatic heterocycles. The maximum atomic E-state index is 11.5. The summed E-state index contributed by atoms with van der Waals surface area (Å²) in [5.41, 5.74) is 1.94. The summed E-state index contributed by atoms with van der Waals surface area (Å²) in [6.07, 6.45) is 0.954. The third-order valence-electron chi connectivity index (χ3n) is 3.40. The molecule has 0 aliphatic heterocycles. The van der Waals surface area contributed by atoms with Gasteiger partial charge in [0.05, 0.1) is 13.0 Å². The Bertz CT molecular complexity index is 608. The zero-order chi connectivity index (χ0) is 15.2. The monoisotopic (exact) mass is 348 g/mol. The molecule has 0 fully saturated rings. The van der Waals surface area contributed by atoms with Crippen LogP contribution in [-0.2, 0) is 17.6 Å². The van der Waals surface area contributed by atoms with Gasteiger partial charge in [-0.3, -0.25) is 4.79 Å². The summed E-state index contributed by atoms with van der Waals surface area (Å²) < 4.78 is 6.28. The van der Waals surface area contributed by atoms with Crippen molar-refractivity contribution in [3.8, 4) is 5.75 Å². The number of carboxylic acid groups (broad SMARTS) is 1. The van der Waals surface area contributed by atoms with Crippen LogP contribution in [0.25, 0.3) is 0 Å². The number of methoxy groups -OCH3 is 1. The Morgan fingerprint density at radius 2 is 1.81 bits per heavy atom. The van der Waals surface area contributed by atoms with E-state index in [4.69, 9.17) is 4.74 Å². The second-order valence-electron chi connectivity index (χ2n) is 4.88. The molecule has 2 rings (SSSR count). The molecule has 0 radical (unpaired) electrons. The minimum absolute atomic E-state index is 0.454. The number of aliphatic carboxylic acids is 1. The van der Waals surface area contributed by atoms with Gasteiger partial charge in [0.25, 0.3) is 0 Å². The third-order valence-corrected chi connectivity index (χ3v) is 3.93. The fourth-order valence-electron chi connectivity index (χ4n) is 2.29. The first-order valence-electron chi connectivity index (χ1n) is 6.69. The van der Waals surface area contributed by atoms with Gasteiger partial charge in [-0.05, 0) is 42.2 Å². The first-order valence-corrected chi connectivity index (χ1v) is 7.48. The number of halogens is 1. The van der Waals surface area contributed by atoms with Gasteiger partial charge in [-0.1, -0.05) is 46.3 Å². The van der Waals surface area contributed by atoms with E-state index in [1.807, 2.05) is 48.5 Å². The van der Waals surface area contributed by atoms with Gasteiger partial charge in [0.1, 0.15) is 5.75 Å². The molecule has 0 saturated carbocycles. The third kappa shape index (κ3) is 4.33. The van der Waals surface area contributed by atoms with Crippen molar-refractivity contribution in [2.24, 2.45) is 5.92 Å². The molecule has 0 bridgehead atoms. The number of rotatable bonds is 6. The smallest absolute Gasteiger partial charge is 0.307 e. The summed E-state index contributed by atoms with van der Waals surface area (Å²) in [5.74, 6) is -0.522. The van der Waals surface area contributed by atoms with Crippen molar-refractivity contribution in [2.45, 2.75) is 12.8 Å². The van der Waals surface area contributed by atoms with Gasteiger partial charge in [-0.25, -0.2) is 0 Å². The Labute approximate surface area is 132 Å². The van der Waals surface area contributed by atoms with E-state index in [0.717, 1.165) is 21.3 Å². The maximum Gasteiger partial charge on any atom is 0.307 e. The van der Waals surface area contributed by atoms with Crippen molar-refractivity contribution in [1.29, 1.82) is 0 Å². The Balaban J connectivity index is 2.16. The fraction of sp³-hybridized carbons (Fsp3) is 0.235. The van der Waals surface area contributed by atoms with Gasteiger partial charge >= 0.3 is 5.97 Å². The summed E-state index contributed by atoms with van der Waals surface area (Å²) in [5, 5.41) is 9.46. The Kier molecular flexibility index (Phi) is 5.39. The molecule has 2 aromatic carbocycles. The highest BCUT2D eigenvalue weighted by Gasteiger charge is 2.20. The summed E-state index contributed by atoms with van der Waals surface area (Å²) in [6, 6.07) is 15.3. The Morgan fingerprint density at radius 3 is 2.43 bits per heavy atom. The summed E-state index contributed by atoms with van der Waals surface area (Å²) in [4.78, 5) is 11.5. The average Bonchev–Trinajstić information content (AvgIpc) is 2.49. The number of para-hydroxylation sites is 1. The summed E-state index contributed by atoms with van der Waals surface area (Å²) in [6.45, 7) is 0. The molecule has 1 atom stereocenters. The van der Waals surface area contributed by atoms with Gasteiger partial charge in [-0.2, -0.15) is 0 Å². The molecule has 110 valence electrons. The largest absolute Gasteiger partial charge is 0.496 e. The van der Waals surface area contributed by atoms with Crippen molar-refractivity contribution >= 4 is 21.9 Å². The molecule has 3 nitrogen and oxygen atoms in total. The Hall–Kier alpha value is -1.81. The highest BCUT2D eigenvalue weighted by molar-refractivity contribution is 9.10. The van der Waals surface area contributed by atoms with Gasteiger partial charge in [-0.15, -0.1) is 0 Å².